The van der Waals surface area contributed by atoms with Gasteiger partial charge in [0.05, 0.1) is 0 Å². The highest BCUT2D eigenvalue weighted by Crippen LogP contribution is 2.28. The van der Waals surface area contributed by atoms with Gasteiger partial charge in [0.15, 0.2) is 0 Å². The Morgan fingerprint density at radius 2 is 1.28 bits per heavy atom. The highest BCUT2D eigenvalue weighted by molar-refractivity contribution is 5.68. The van der Waals surface area contributed by atoms with Crippen LogP contribution in [0.5, 0.6) is 0 Å². The molecule has 1 heterocycles. The fourth-order valence-electron chi connectivity index (χ4n) is 4.34. The van der Waals surface area contributed by atoms with E-state index in [2.05, 4.69) is 27.7 Å². The minimum absolute atomic E-state index is 0.148. The number of hydrogen-bond acceptors (Lipinski definition) is 2. The Morgan fingerprint density at radius 1 is 0.828 bits per heavy atom. The molecule has 0 bridgehead atoms. The van der Waals surface area contributed by atoms with Crippen LogP contribution in [0.1, 0.15) is 119 Å². The lowest BCUT2D eigenvalue weighted by atomic mass is 9.85. The number of nitrogens with zero attached hydrogens (tertiary/aromatic N) is 1. The first kappa shape index (κ1) is 26.3. The number of carbonyl (C=O) groups excluding carboxylic acids is 1. The quantitative estimate of drug-likeness (QED) is 0.444. The summed E-state index contributed by atoms with van der Waals surface area (Å²) >= 11 is 0. The first-order valence-electron chi connectivity index (χ1n) is 12.5. The molecular formula is C26H51NO2. The van der Waals surface area contributed by atoms with Crippen LogP contribution in [0, 0.1) is 23.7 Å². The van der Waals surface area contributed by atoms with Crippen LogP contribution >= 0.6 is 0 Å². The fraction of sp³-hybridized carbons (Fsp3) is 0.962. The van der Waals surface area contributed by atoms with Crippen molar-refractivity contribution in [3.8, 4) is 0 Å². The zero-order valence-corrected chi connectivity index (χ0v) is 20.8. The first-order valence-corrected chi connectivity index (χ1v) is 12.5. The molecule has 3 heteroatoms. The van der Waals surface area contributed by atoms with Crippen LogP contribution in [-0.4, -0.2) is 29.7 Å². The van der Waals surface area contributed by atoms with Crippen LogP contribution in [0.4, 0.5) is 4.79 Å². The Morgan fingerprint density at radius 3 is 1.69 bits per heavy atom. The van der Waals surface area contributed by atoms with Gasteiger partial charge in [-0.2, -0.15) is 0 Å². The maximum atomic E-state index is 11.9. The summed E-state index contributed by atoms with van der Waals surface area (Å²) < 4.78 is 5.40. The van der Waals surface area contributed by atoms with E-state index in [9.17, 15) is 4.79 Å². The highest BCUT2D eigenvalue weighted by atomic mass is 16.6. The second kappa shape index (κ2) is 13.5. The van der Waals surface area contributed by atoms with Gasteiger partial charge in [0.2, 0.25) is 0 Å². The first-order chi connectivity index (χ1) is 13.6. The van der Waals surface area contributed by atoms with E-state index in [1.54, 1.807) is 0 Å². The van der Waals surface area contributed by atoms with Crippen molar-refractivity contribution in [2.45, 2.75) is 125 Å². The number of rotatable bonds is 6. The average Bonchev–Trinajstić information content (AvgIpc) is 2.65. The molecule has 2 rings (SSSR count). The molecule has 29 heavy (non-hydrogen) atoms. The minimum atomic E-state index is -0.383. The Bertz CT molecular complexity index is 424. The monoisotopic (exact) mass is 409 g/mol. The smallest absolute Gasteiger partial charge is 0.410 e. The Kier molecular flexibility index (Phi) is 12.3. The van der Waals surface area contributed by atoms with Crippen LogP contribution in [0.25, 0.3) is 0 Å². The molecular weight excluding hydrogens is 358 g/mol. The van der Waals surface area contributed by atoms with Crippen molar-refractivity contribution in [2.24, 2.45) is 23.7 Å². The summed E-state index contributed by atoms with van der Waals surface area (Å²) in [7, 11) is 0. The number of ether oxygens (including phenoxy) is 1. The lowest BCUT2D eigenvalue weighted by Gasteiger charge is -2.33. The van der Waals surface area contributed by atoms with Crippen molar-refractivity contribution in [3.05, 3.63) is 0 Å². The van der Waals surface area contributed by atoms with Gasteiger partial charge in [-0.3, -0.25) is 0 Å². The number of likely N-dealkylation sites (tertiary alicyclic amines) is 1. The molecule has 0 N–H and O–H groups in total. The average molecular weight is 410 g/mol. The second-order valence-electron chi connectivity index (χ2n) is 11.4. The van der Waals surface area contributed by atoms with Crippen molar-refractivity contribution in [1.82, 2.24) is 4.90 Å². The SMILES string of the molecule is CC(C)CCC1CCCCC1.CC(C)CCC1CCN(C(=O)OC(C)(C)C)CC1. The maximum Gasteiger partial charge on any atom is 0.410 e. The normalized spacial score (nSPS) is 19.3. The fourth-order valence-corrected chi connectivity index (χ4v) is 4.34. The van der Waals surface area contributed by atoms with Gasteiger partial charge in [0.1, 0.15) is 5.60 Å². The predicted octanol–water partition coefficient (Wildman–Crippen LogP) is 8.07. The molecule has 0 aromatic heterocycles. The van der Waals surface area contributed by atoms with Crippen LogP contribution in [0.2, 0.25) is 0 Å². The van der Waals surface area contributed by atoms with E-state index in [4.69, 9.17) is 4.74 Å². The number of carbonyl (C=O) groups is 1. The molecule has 2 aliphatic rings. The zero-order chi connectivity index (χ0) is 21.9. The number of piperidine rings is 1. The molecule has 1 amide bonds. The van der Waals surface area contributed by atoms with Crippen LogP contribution in [0.15, 0.2) is 0 Å². The van der Waals surface area contributed by atoms with E-state index < -0.39 is 0 Å². The van der Waals surface area contributed by atoms with Crippen LogP contribution in [-0.2, 0) is 4.74 Å². The van der Waals surface area contributed by atoms with Crippen molar-refractivity contribution in [2.75, 3.05) is 13.1 Å². The third-order valence-corrected chi connectivity index (χ3v) is 6.30. The number of hydrogen-bond donors (Lipinski definition) is 0. The third-order valence-electron chi connectivity index (χ3n) is 6.30. The van der Waals surface area contributed by atoms with Gasteiger partial charge in [0, 0.05) is 13.1 Å². The second-order valence-corrected chi connectivity index (χ2v) is 11.4. The minimum Gasteiger partial charge on any atom is -0.444 e. The Balaban J connectivity index is 0.000000326. The standard InChI is InChI=1S/C15H29NO2.C11H22/c1-12(2)6-7-13-8-10-16(11-9-13)14(17)18-15(3,4)5;1-10(2)8-9-11-6-4-3-5-7-11/h12-13H,6-11H2,1-5H3;10-11H,3-9H2,1-2H3. The van der Waals surface area contributed by atoms with E-state index in [-0.39, 0.29) is 11.7 Å². The van der Waals surface area contributed by atoms with E-state index in [1.165, 1.54) is 57.8 Å². The molecule has 0 aromatic rings. The maximum absolute atomic E-state index is 11.9. The van der Waals surface area contributed by atoms with E-state index >= 15 is 0 Å². The lowest BCUT2D eigenvalue weighted by Crippen LogP contribution is -2.41. The van der Waals surface area contributed by atoms with E-state index in [1.807, 2.05) is 25.7 Å². The van der Waals surface area contributed by atoms with Crippen LogP contribution in [0.3, 0.4) is 0 Å². The van der Waals surface area contributed by atoms with Crippen LogP contribution < -0.4 is 0 Å². The predicted molar refractivity (Wildman–Crippen MR) is 125 cm³/mol. The molecule has 3 nitrogen and oxygen atoms in total. The highest BCUT2D eigenvalue weighted by Gasteiger charge is 2.26. The molecule has 0 unspecified atom stereocenters. The third kappa shape index (κ3) is 13.2. The van der Waals surface area contributed by atoms with Gasteiger partial charge in [-0.1, -0.05) is 85.5 Å². The zero-order valence-electron chi connectivity index (χ0n) is 20.8. The van der Waals surface area contributed by atoms with Gasteiger partial charge in [-0.05, 0) is 57.3 Å². The molecule has 1 aliphatic heterocycles. The molecule has 1 saturated carbocycles. The molecule has 172 valence electrons. The largest absolute Gasteiger partial charge is 0.444 e. The van der Waals surface area contributed by atoms with Gasteiger partial charge in [-0.15, -0.1) is 0 Å². The summed E-state index contributed by atoms with van der Waals surface area (Å²) in [5.74, 6) is 3.59. The van der Waals surface area contributed by atoms with Crippen molar-refractivity contribution < 1.29 is 9.53 Å². The van der Waals surface area contributed by atoms with Gasteiger partial charge in [0.25, 0.3) is 0 Å². The molecule has 0 radical (unpaired) electrons. The topological polar surface area (TPSA) is 29.5 Å². The molecule has 1 saturated heterocycles. The molecule has 2 fully saturated rings. The van der Waals surface area contributed by atoms with Crippen molar-refractivity contribution in [3.63, 3.8) is 0 Å². The summed E-state index contributed by atoms with van der Waals surface area (Å²) in [6.45, 7) is 16.7. The molecule has 1 aliphatic carbocycles. The van der Waals surface area contributed by atoms with Gasteiger partial charge in [-0.25, -0.2) is 4.79 Å². The molecule has 0 atom stereocenters. The van der Waals surface area contributed by atoms with E-state index in [0.717, 1.165) is 49.6 Å². The van der Waals surface area contributed by atoms with Gasteiger partial charge < -0.3 is 9.64 Å². The summed E-state index contributed by atoms with van der Waals surface area (Å²) in [6.07, 6.45) is 15.2. The lowest BCUT2D eigenvalue weighted by molar-refractivity contribution is 0.0179. The summed E-state index contributed by atoms with van der Waals surface area (Å²) in [4.78, 5) is 13.7. The molecule has 0 aromatic carbocycles. The van der Waals surface area contributed by atoms with Crippen molar-refractivity contribution in [1.29, 1.82) is 0 Å². The Labute approximate surface area is 182 Å². The molecule has 0 spiro atoms. The Hall–Kier alpha value is -0.730. The summed E-state index contributed by atoms with van der Waals surface area (Å²) in [5.41, 5.74) is -0.383. The van der Waals surface area contributed by atoms with Crippen molar-refractivity contribution >= 4 is 6.09 Å². The summed E-state index contributed by atoms with van der Waals surface area (Å²) in [6, 6.07) is 0. The van der Waals surface area contributed by atoms with Gasteiger partial charge >= 0.3 is 6.09 Å². The number of amides is 1. The van der Waals surface area contributed by atoms with E-state index in [0.29, 0.717) is 0 Å². The summed E-state index contributed by atoms with van der Waals surface area (Å²) in [5, 5.41) is 0.